The van der Waals surface area contributed by atoms with Crippen LogP contribution in [0.5, 0.6) is 0 Å². The second kappa shape index (κ2) is 4.42. The molecule has 0 aromatic heterocycles. The van der Waals surface area contributed by atoms with Gasteiger partial charge in [0.15, 0.2) is 0 Å². The smallest absolute Gasteiger partial charge is 0.00149 e. The van der Waals surface area contributed by atoms with E-state index in [9.17, 15) is 0 Å². The van der Waals surface area contributed by atoms with Crippen molar-refractivity contribution in [3.63, 3.8) is 0 Å². The van der Waals surface area contributed by atoms with Gasteiger partial charge in [-0.2, -0.15) is 0 Å². The first-order valence-electron chi connectivity index (χ1n) is 7.19. The Balaban J connectivity index is 1.87. The maximum Gasteiger partial charge on any atom is -0.00149 e. The Bertz CT molecular complexity index is 468. The molecule has 0 heteroatoms. The molecule has 0 N–H and O–H groups in total. The first-order valence-corrected chi connectivity index (χ1v) is 7.19. The summed E-state index contributed by atoms with van der Waals surface area (Å²) in [6, 6.07) is 11.1. The Morgan fingerprint density at radius 1 is 1.22 bits per heavy atom. The van der Waals surface area contributed by atoms with Crippen molar-refractivity contribution in [2.24, 2.45) is 17.3 Å². The lowest BCUT2D eigenvalue weighted by atomic mass is 9.84. The molecular formula is C18H22. The van der Waals surface area contributed by atoms with Crippen molar-refractivity contribution < 1.29 is 0 Å². The lowest BCUT2D eigenvalue weighted by molar-refractivity contribution is 0.480. The molecule has 0 bridgehead atoms. The number of benzene rings is 1. The molecule has 0 heterocycles. The molecule has 1 aromatic carbocycles. The predicted octanol–water partition coefficient (Wildman–Crippen LogP) is 4.95. The molecule has 0 nitrogen and oxygen atoms in total. The Morgan fingerprint density at radius 3 is 2.61 bits per heavy atom. The highest BCUT2D eigenvalue weighted by atomic mass is 14.6. The second-order valence-corrected chi connectivity index (χ2v) is 5.84. The average Bonchev–Trinajstić information content (AvgIpc) is 2.97. The van der Waals surface area contributed by atoms with Gasteiger partial charge in [0.1, 0.15) is 0 Å². The van der Waals surface area contributed by atoms with Crippen LogP contribution in [-0.4, -0.2) is 0 Å². The maximum absolute atomic E-state index is 2.47. The van der Waals surface area contributed by atoms with Crippen molar-refractivity contribution in [2.45, 2.75) is 32.6 Å². The summed E-state index contributed by atoms with van der Waals surface area (Å²) in [5.74, 6) is 2.37. The first kappa shape index (κ1) is 11.8. The van der Waals surface area contributed by atoms with Gasteiger partial charge in [0.2, 0.25) is 0 Å². The third-order valence-electron chi connectivity index (χ3n) is 5.12. The Hall–Kier alpha value is -1.30. The quantitative estimate of drug-likeness (QED) is 0.699. The third-order valence-corrected chi connectivity index (χ3v) is 5.12. The number of allylic oxidation sites excluding steroid dienone is 4. The van der Waals surface area contributed by atoms with Crippen LogP contribution in [0.2, 0.25) is 0 Å². The Labute approximate surface area is 110 Å². The highest BCUT2D eigenvalue weighted by Crippen LogP contribution is 2.68. The first-order chi connectivity index (χ1) is 8.79. The number of hydrogen-bond acceptors (Lipinski definition) is 0. The minimum atomic E-state index is 0.464. The molecule has 2 aliphatic rings. The van der Waals surface area contributed by atoms with E-state index >= 15 is 0 Å². The van der Waals surface area contributed by atoms with Crippen LogP contribution in [0.15, 0.2) is 54.6 Å². The molecule has 3 rings (SSSR count). The normalized spacial score (nSPS) is 34.8. The SMILES string of the molecule is CCC(c1ccccc1)C1C(C)C12C=CC=CC2. The molecule has 94 valence electrons. The summed E-state index contributed by atoms with van der Waals surface area (Å²) in [5, 5.41) is 0. The molecule has 18 heavy (non-hydrogen) atoms. The minimum absolute atomic E-state index is 0.464. The zero-order valence-corrected chi connectivity index (χ0v) is 11.3. The van der Waals surface area contributed by atoms with Crippen molar-refractivity contribution >= 4 is 0 Å². The highest BCUT2D eigenvalue weighted by Gasteiger charge is 2.61. The van der Waals surface area contributed by atoms with E-state index in [2.05, 4.69) is 68.5 Å². The summed E-state index contributed by atoms with van der Waals surface area (Å²) in [7, 11) is 0. The van der Waals surface area contributed by atoms with Gasteiger partial charge in [-0.15, -0.1) is 0 Å². The van der Waals surface area contributed by atoms with Gasteiger partial charge in [-0.25, -0.2) is 0 Å². The van der Waals surface area contributed by atoms with Crippen LogP contribution < -0.4 is 0 Å². The van der Waals surface area contributed by atoms with Gasteiger partial charge < -0.3 is 0 Å². The van der Waals surface area contributed by atoms with Crippen LogP contribution in [0, 0.1) is 17.3 Å². The van der Waals surface area contributed by atoms with Gasteiger partial charge in [-0.3, -0.25) is 0 Å². The lowest BCUT2D eigenvalue weighted by Crippen LogP contribution is -2.08. The maximum atomic E-state index is 2.47. The second-order valence-electron chi connectivity index (χ2n) is 5.84. The van der Waals surface area contributed by atoms with Crippen molar-refractivity contribution in [1.82, 2.24) is 0 Å². The molecule has 1 aromatic rings. The summed E-state index contributed by atoms with van der Waals surface area (Å²) < 4.78 is 0. The van der Waals surface area contributed by atoms with E-state index in [1.54, 1.807) is 0 Å². The molecule has 0 saturated heterocycles. The van der Waals surface area contributed by atoms with Gasteiger partial charge in [0.05, 0.1) is 0 Å². The fourth-order valence-electron chi connectivity index (χ4n) is 4.05. The number of rotatable bonds is 3. The number of hydrogen-bond donors (Lipinski definition) is 0. The van der Waals surface area contributed by atoms with Crippen LogP contribution >= 0.6 is 0 Å². The largest absolute Gasteiger partial charge is 0.0837 e. The lowest BCUT2D eigenvalue weighted by Gasteiger charge is -2.20. The van der Waals surface area contributed by atoms with Crippen LogP contribution in [0.3, 0.4) is 0 Å². The van der Waals surface area contributed by atoms with Gasteiger partial charge in [-0.1, -0.05) is 68.5 Å². The average molecular weight is 238 g/mol. The summed E-state index contributed by atoms with van der Waals surface area (Å²) in [5.41, 5.74) is 1.99. The van der Waals surface area contributed by atoms with E-state index in [4.69, 9.17) is 0 Å². The molecule has 1 spiro atoms. The zero-order valence-electron chi connectivity index (χ0n) is 11.3. The molecule has 0 amide bonds. The van der Waals surface area contributed by atoms with E-state index in [1.165, 1.54) is 18.4 Å². The Morgan fingerprint density at radius 2 is 2.00 bits per heavy atom. The van der Waals surface area contributed by atoms with Gasteiger partial charge in [0.25, 0.3) is 0 Å². The van der Waals surface area contributed by atoms with Gasteiger partial charge in [0, 0.05) is 0 Å². The topological polar surface area (TPSA) is 0 Å². The van der Waals surface area contributed by atoms with Crippen LogP contribution in [-0.2, 0) is 0 Å². The zero-order chi connectivity index (χ0) is 12.6. The molecule has 1 fully saturated rings. The molecular weight excluding hydrogens is 216 g/mol. The van der Waals surface area contributed by atoms with E-state index in [-0.39, 0.29) is 0 Å². The molecule has 0 radical (unpaired) electrons. The standard InChI is InChI=1S/C18H22/c1-3-16(15-10-6-4-7-11-15)17-14(2)18(17)12-8-5-9-13-18/h4-12,14,16-17H,3,13H2,1-2H3. The van der Waals surface area contributed by atoms with Crippen molar-refractivity contribution in [3.05, 3.63) is 60.2 Å². The minimum Gasteiger partial charge on any atom is -0.0837 e. The summed E-state index contributed by atoms with van der Waals surface area (Å²) in [6.07, 6.45) is 11.7. The predicted molar refractivity (Wildman–Crippen MR) is 77.5 cm³/mol. The fraction of sp³-hybridized carbons (Fsp3) is 0.444. The van der Waals surface area contributed by atoms with Crippen LogP contribution in [0.4, 0.5) is 0 Å². The molecule has 1 saturated carbocycles. The Kier molecular flexibility index (Phi) is 2.89. The molecule has 2 aliphatic carbocycles. The van der Waals surface area contributed by atoms with Gasteiger partial charge >= 0.3 is 0 Å². The van der Waals surface area contributed by atoms with Crippen LogP contribution in [0.1, 0.15) is 38.2 Å². The molecule has 0 aliphatic heterocycles. The van der Waals surface area contributed by atoms with E-state index in [0.717, 1.165) is 17.8 Å². The summed E-state index contributed by atoms with van der Waals surface area (Å²) in [4.78, 5) is 0. The van der Waals surface area contributed by atoms with E-state index in [1.807, 2.05) is 0 Å². The van der Waals surface area contributed by atoms with E-state index < -0.39 is 0 Å². The highest BCUT2D eigenvalue weighted by molar-refractivity contribution is 5.33. The van der Waals surface area contributed by atoms with Crippen LogP contribution in [0.25, 0.3) is 0 Å². The fourth-order valence-corrected chi connectivity index (χ4v) is 4.05. The third kappa shape index (κ3) is 1.67. The molecule has 4 unspecified atom stereocenters. The van der Waals surface area contributed by atoms with Crippen molar-refractivity contribution in [1.29, 1.82) is 0 Å². The monoisotopic (exact) mass is 238 g/mol. The van der Waals surface area contributed by atoms with Crippen molar-refractivity contribution in [3.8, 4) is 0 Å². The van der Waals surface area contributed by atoms with Gasteiger partial charge in [-0.05, 0) is 41.6 Å². The summed E-state index contributed by atoms with van der Waals surface area (Å²) in [6.45, 7) is 4.76. The van der Waals surface area contributed by atoms with Crippen molar-refractivity contribution in [2.75, 3.05) is 0 Å². The molecule has 4 atom stereocenters. The summed E-state index contributed by atoms with van der Waals surface area (Å²) >= 11 is 0. The van der Waals surface area contributed by atoms with E-state index in [0.29, 0.717) is 5.41 Å².